The van der Waals surface area contributed by atoms with Crippen molar-refractivity contribution in [1.82, 2.24) is 4.90 Å². The van der Waals surface area contributed by atoms with Crippen molar-refractivity contribution in [1.29, 1.82) is 0 Å². The average molecular weight is 217 g/mol. The molecule has 2 rings (SSSR count). The van der Waals surface area contributed by atoms with Crippen LogP contribution in [0.2, 0.25) is 0 Å². The standard InChI is InChI=1S/C15H23N/c1-4-12(2)10-16-8-7-14-9-13(3)5-6-15(14)11-16/h5-6,9,12H,4,7-8,10-11H2,1-3H3. The van der Waals surface area contributed by atoms with Gasteiger partial charge in [0.15, 0.2) is 0 Å². The molecule has 0 saturated carbocycles. The van der Waals surface area contributed by atoms with E-state index in [1.807, 2.05) is 0 Å². The Morgan fingerprint density at radius 2 is 2.12 bits per heavy atom. The molecule has 88 valence electrons. The minimum absolute atomic E-state index is 0.826. The lowest BCUT2D eigenvalue weighted by Crippen LogP contribution is -2.33. The maximum Gasteiger partial charge on any atom is 0.0236 e. The van der Waals surface area contributed by atoms with E-state index in [2.05, 4.69) is 43.9 Å². The van der Waals surface area contributed by atoms with Crippen LogP contribution in [0.15, 0.2) is 18.2 Å². The largest absolute Gasteiger partial charge is 0.298 e. The second kappa shape index (κ2) is 5.01. The first-order valence-electron chi connectivity index (χ1n) is 6.49. The highest BCUT2D eigenvalue weighted by Crippen LogP contribution is 2.21. The summed E-state index contributed by atoms with van der Waals surface area (Å²) in [4.78, 5) is 2.60. The lowest BCUT2D eigenvalue weighted by molar-refractivity contribution is 0.217. The van der Waals surface area contributed by atoms with Crippen LogP contribution in [-0.4, -0.2) is 18.0 Å². The quantitative estimate of drug-likeness (QED) is 0.750. The predicted molar refractivity (Wildman–Crippen MR) is 69.6 cm³/mol. The van der Waals surface area contributed by atoms with Gasteiger partial charge in [0.2, 0.25) is 0 Å². The molecule has 0 saturated heterocycles. The summed E-state index contributed by atoms with van der Waals surface area (Å²) in [6, 6.07) is 6.91. The van der Waals surface area contributed by atoms with Crippen LogP contribution < -0.4 is 0 Å². The molecule has 1 aromatic rings. The van der Waals surface area contributed by atoms with Crippen LogP contribution in [0.4, 0.5) is 0 Å². The van der Waals surface area contributed by atoms with Crippen molar-refractivity contribution in [3.8, 4) is 0 Å². The molecule has 0 bridgehead atoms. The monoisotopic (exact) mass is 217 g/mol. The second-order valence-electron chi connectivity index (χ2n) is 5.27. The molecular formula is C15H23N. The van der Waals surface area contributed by atoms with Crippen LogP contribution in [0.25, 0.3) is 0 Å². The predicted octanol–water partition coefficient (Wildman–Crippen LogP) is 3.40. The van der Waals surface area contributed by atoms with Gasteiger partial charge in [0.25, 0.3) is 0 Å². The van der Waals surface area contributed by atoms with E-state index >= 15 is 0 Å². The third-order valence-corrected chi connectivity index (χ3v) is 3.72. The van der Waals surface area contributed by atoms with E-state index in [1.165, 1.54) is 31.5 Å². The zero-order chi connectivity index (χ0) is 11.5. The van der Waals surface area contributed by atoms with Crippen LogP contribution in [0.1, 0.15) is 37.0 Å². The molecule has 1 aromatic carbocycles. The molecule has 1 aliphatic rings. The van der Waals surface area contributed by atoms with Gasteiger partial charge in [0.1, 0.15) is 0 Å². The van der Waals surface area contributed by atoms with Crippen LogP contribution in [-0.2, 0) is 13.0 Å². The number of hydrogen-bond acceptors (Lipinski definition) is 1. The van der Waals surface area contributed by atoms with Gasteiger partial charge in [-0.15, -0.1) is 0 Å². The first kappa shape index (κ1) is 11.7. The highest BCUT2D eigenvalue weighted by atomic mass is 15.1. The Labute approximate surface area is 99.5 Å². The van der Waals surface area contributed by atoms with Crippen LogP contribution in [0, 0.1) is 12.8 Å². The second-order valence-corrected chi connectivity index (χ2v) is 5.27. The molecule has 0 amide bonds. The Balaban J connectivity index is 2.03. The molecule has 0 N–H and O–H groups in total. The number of nitrogens with zero attached hydrogens (tertiary/aromatic N) is 1. The zero-order valence-electron chi connectivity index (χ0n) is 10.8. The Bertz CT molecular complexity index is 356. The smallest absolute Gasteiger partial charge is 0.0236 e. The van der Waals surface area contributed by atoms with E-state index in [9.17, 15) is 0 Å². The van der Waals surface area contributed by atoms with E-state index in [0.29, 0.717) is 0 Å². The van der Waals surface area contributed by atoms with Crippen LogP contribution in [0.5, 0.6) is 0 Å². The van der Waals surface area contributed by atoms with Gasteiger partial charge in [0, 0.05) is 19.6 Å². The fourth-order valence-electron chi connectivity index (χ4n) is 2.47. The normalized spacial score (nSPS) is 18.2. The topological polar surface area (TPSA) is 3.24 Å². The van der Waals surface area contributed by atoms with E-state index in [-0.39, 0.29) is 0 Å². The lowest BCUT2D eigenvalue weighted by Gasteiger charge is -2.30. The molecule has 1 atom stereocenters. The zero-order valence-corrected chi connectivity index (χ0v) is 10.8. The summed E-state index contributed by atoms with van der Waals surface area (Å²) in [6.45, 7) is 10.5. The third-order valence-electron chi connectivity index (χ3n) is 3.72. The van der Waals surface area contributed by atoms with Crippen LogP contribution in [0.3, 0.4) is 0 Å². The number of fused-ring (bicyclic) bond motifs is 1. The Morgan fingerprint density at radius 3 is 2.88 bits per heavy atom. The fourth-order valence-corrected chi connectivity index (χ4v) is 2.47. The van der Waals surface area contributed by atoms with Gasteiger partial charge in [-0.3, -0.25) is 4.90 Å². The molecule has 1 heteroatoms. The molecule has 1 heterocycles. The van der Waals surface area contributed by atoms with Crippen molar-refractivity contribution in [2.45, 2.75) is 40.2 Å². The molecule has 1 aliphatic heterocycles. The summed E-state index contributed by atoms with van der Waals surface area (Å²) in [5.74, 6) is 0.826. The van der Waals surface area contributed by atoms with Gasteiger partial charge in [-0.1, -0.05) is 44.0 Å². The van der Waals surface area contributed by atoms with Gasteiger partial charge in [-0.25, -0.2) is 0 Å². The molecule has 0 radical (unpaired) electrons. The summed E-state index contributed by atoms with van der Waals surface area (Å²) in [7, 11) is 0. The summed E-state index contributed by atoms with van der Waals surface area (Å²) < 4.78 is 0. The first-order valence-corrected chi connectivity index (χ1v) is 6.49. The fraction of sp³-hybridized carbons (Fsp3) is 0.600. The van der Waals surface area contributed by atoms with E-state index < -0.39 is 0 Å². The molecular weight excluding hydrogens is 194 g/mol. The van der Waals surface area contributed by atoms with Crippen molar-refractivity contribution >= 4 is 0 Å². The van der Waals surface area contributed by atoms with Gasteiger partial charge in [0.05, 0.1) is 0 Å². The van der Waals surface area contributed by atoms with Crippen molar-refractivity contribution in [3.63, 3.8) is 0 Å². The minimum atomic E-state index is 0.826. The number of aryl methyl sites for hydroxylation is 1. The van der Waals surface area contributed by atoms with Crippen molar-refractivity contribution < 1.29 is 0 Å². The van der Waals surface area contributed by atoms with Crippen molar-refractivity contribution in [2.75, 3.05) is 13.1 Å². The SMILES string of the molecule is CCC(C)CN1CCc2cc(C)ccc2C1. The highest BCUT2D eigenvalue weighted by molar-refractivity contribution is 5.33. The number of benzene rings is 1. The van der Waals surface area contributed by atoms with Gasteiger partial charge < -0.3 is 0 Å². The minimum Gasteiger partial charge on any atom is -0.298 e. The maximum absolute atomic E-state index is 2.60. The van der Waals surface area contributed by atoms with E-state index in [1.54, 1.807) is 11.1 Å². The van der Waals surface area contributed by atoms with Crippen LogP contribution >= 0.6 is 0 Å². The molecule has 1 nitrogen and oxygen atoms in total. The van der Waals surface area contributed by atoms with Crippen molar-refractivity contribution in [2.24, 2.45) is 5.92 Å². The Morgan fingerprint density at radius 1 is 1.31 bits per heavy atom. The number of rotatable bonds is 3. The Hall–Kier alpha value is -0.820. The highest BCUT2D eigenvalue weighted by Gasteiger charge is 2.17. The Kier molecular flexibility index (Phi) is 3.65. The average Bonchev–Trinajstić information content (AvgIpc) is 2.29. The summed E-state index contributed by atoms with van der Waals surface area (Å²) >= 11 is 0. The molecule has 1 unspecified atom stereocenters. The first-order chi connectivity index (χ1) is 7.69. The number of hydrogen-bond donors (Lipinski definition) is 0. The molecule has 16 heavy (non-hydrogen) atoms. The van der Waals surface area contributed by atoms with E-state index in [0.717, 1.165) is 12.5 Å². The van der Waals surface area contributed by atoms with Crippen molar-refractivity contribution in [3.05, 3.63) is 34.9 Å². The third kappa shape index (κ3) is 2.65. The van der Waals surface area contributed by atoms with Gasteiger partial charge >= 0.3 is 0 Å². The van der Waals surface area contributed by atoms with E-state index in [4.69, 9.17) is 0 Å². The van der Waals surface area contributed by atoms with Gasteiger partial charge in [-0.05, 0) is 30.4 Å². The molecule has 0 fully saturated rings. The summed E-state index contributed by atoms with van der Waals surface area (Å²) in [5.41, 5.74) is 4.51. The maximum atomic E-state index is 2.60. The lowest BCUT2D eigenvalue weighted by atomic mass is 9.96. The van der Waals surface area contributed by atoms with Gasteiger partial charge in [-0.2, -0.15) is 0 Å². The molecule has 0 aliphatic carbocycles. The molecule has 0 aromatic heterocycles. The molecule has 0 spiro atoms. The summed E-state index contributed by atoms with van der Waals surface area (Å²) in [5, 5.41) is 0. The summed E-state index contributed by atoms with van der Waals surface area (Å²) in [6.07, 6.45) is 2.52.